The van der Waals surface area contributed by atoms with Crippen molar-refractivity contribution in [1.82, 2.24) is 20.5 Å². The summed E-state index contributed by atoms with van der Waals surface area (Å²) in [6, 6.07) is 5.83. The van der Waals surface area contributed by atoms with E-state index in [0.717, 1.165) is 21.7 Å². The van der Waals surface area contributed by atoms with Gasteiger partial charge in [0.05, 0.1) is 39.1 Å². The molecule has 4 atom stereocenters. The lowest BCUT2D eigenvalue weighted by atomic mass is 9.34. The lowest BCUT2D eigenvalue weighted by Crippen LogP contribution is -2.73. The summed E-state index contributed by atoms with van der Waals surface area (Å²) in [6.07, 6.45) is 0.480. The number of benzene rings is 1. The minimum absolute atomic E-state index is 0.00653. The average molecular weight is 582 g/mol. The average Bonchev–Trinajstić information content (AvgIpc) is 3.45. The molecule has 11 heteroatoms. The van der Waals surface area contributed by atoms with Crippen LogP contribution in [0.3, 0.4) is 0 Å². The molecule has 1 aliphatic heterocycles. The molecular formula is C30H39N5O5S. The fraction of sp³-hybridized carbons (Fsp3) is 0.567. The molecule has 0 unspecified atom stereocenters. The number of nitrogens with two attached hydrogens (primary N) is 1. The zero-order valence-electron chi connectivity index (χ0n) is 24.2. The Hall–Kier alpha value is -3.31. The number of aromatic nitrogens is 1. The van der Waals surface area contributed by atoms with Crippen LogP contribution < -0.4 is 16.4 Å². The maximum Gasteiger partial charge on any atom is 0.246 e. The van der Waals surface area contributed by atoms with Gasteiger partial charge in [0.15, 0.2) is 0 Å². The van der Waals surface area contributed by atoms with Gasteiger partial charge in [0.25, 0.3) is 0 Å². The molecule has 0 radical (unpaired) electrons. The van der Waals surface area contributed by atoms with Crippen LogP contribution in [0, 0.1) is 23.2 Å². The summed E-state index contributed by atoms with van der Waals surface area (Å²) in [6.45, 7) is 9.41. The van der Waals surface area contributed by atoms with E-state index in [-0.39, 0.29) is 36.7 Å². The summed E-state index contributed by atoms with van der Waals surface area (Å²) in [4.78, 5) is 59.1. The molecule has 220 valence electrons. The molecule has 0 spiro atoms. The van der Waals surface area contributed by atoms with Crippen molar-refractivity contribution in [3.05, 3.63) is 41.0 Å². The lowest BCUT2D eigenvalue weighted by Gasteiger charge is -2.67. The maximum absolute atomic E-state index is 13.9. The van der Waals surface area contributed by atoms with E-state index >= 15 is 0 Å². The van der Waals surface area contributed by atoms with Crippen LogP contribution in [0.4, 0.5) is 0 Å². The molecule has 4 amide bonds. The maximum atomic E-state index is 13.9. The summed E-state index contributed by atoms with van der Waals surface area (Å²) in [5, 5.41) is 16.4. The van der Waals surface area contributed by atoms with Gasteiger partial charge in [-0.1, -0.05) is 45.0 Å². The number of nitrogens with zero attached hydrogens (tertiary/aromatic N) is 2. The number of aryl methyl sites for hydroxylation is 1. The number of amides is 4. The van der Waals surface area contributed by atoms with Crippen molar-refractivity contribution in [1.29, 1.82) is 0 Å². The molecule has 4 aliphatic rings. The number of nitrogens with one attached hydrogen (secondary N) is 2. The van der Waals surface area contributed by atoms with Crippen LogP contribution in [0.2, 0.25) is 0 Å². The van der Waals surface area contributed by atoms with Gasteiger partial charge in [0.2, 0.25) is 23.6 Å². The Bertz CT molecular complexity index is 1360. The van der Waals surface area contributed by atoms with Crippen molar-refractivity contribution in [2.45, 2.75) is 84.5 Å². The van der Waals surface area contributed by atoms with E-state index in [2.05, 4.69) is 15.6 Å². The quantitative estimate of drug-likeness (QED) is 0.375. The van der Waals surface area contributed by atoms with Crippen LogP contribution in [-0.4, -0.2) is 63.4 Å². The molecule has 1 aromatic carbocycles. The summed E-state index contributed by atoms with van der Waals surface area (Å²) >= 11 is 1.58. The van der Waals surface area contributed by atoms with Gasteiger partial charge in [0, 0.05) is 13.0 Å². The standard InChI is InChI=1S/C30H39N5O5S/c1-16(18-6-8-19(9-7-18)22-17(2)32-15-41-22)33-24(37)21-10-20(36)11-35(21)25(38)23(28(3,4)5)34-27(40)30-12-29(13-30,14-30)26(31)39/h6-9,15-16,20-21,23,36H,10-14H2,1-5H3,(H2,31,39)(H,33,37)(H,34,40)/t16-,20+,21-,23+,29?,30?/m0/s1. The van der Waals surface area contributed by atoms with E-state index in [4.69, 9.17) is 5.73 Å². The monoisotopic (exact) mass is 581 g/mol. The number of carbonyl (C=O) groups is 4. The number of rotatable bonds is 8. The Balaban J connectivity index is 1.26. The van der Waals surface area contributed by atoms with E-state index in [1.165, 1.54) is 4.90 Å². The molecule has 3 aliphatic carbocycles. The Kier molecular flexibility index (Phi) is 7.26. The number of hydrogen-bond donors (Lipinski definition) is 4. The van der Waals surface area contributed by atoms with Crippen LogP contribution in [0.1, 0.15) is 70.7 Å². The molecular weight excluding hydrogens is 542 g/mol. The Morgan fingerprint density at radius 3 is 2.27 bits per heavy atom. The largest absolute Gasteiger partial charge is 0.391 e. The van der Waals surface area contributed by atoms with Gasteiger partial charge in [-0.25, -0.2) is 4.98 Å². The van der Waals surface area contributed by atoms with Gasteiger partial charge in [-0.2, -0.15) is 0 Å². The second-order valence-electron chi connectivity index (χ2n) is 13.2. The van der Waals surface area contributed by atoms with Gasteiger partial charge >= 0.3 is 0 Å². The molecule has 2 heterocycles. The van der Waals surface area contributed by atoms with Crippen LogP contribution in [0.15, 0.2) is 29.8 Å². The molecule has 5 N–H and O–H groups in total. The molecule has 1 aromatic heterocycles. The molecule has 41 heavy (non-hydrogen) atoms. The second-order valence-corrected chi connectivity index (χ2v) is 14.1. The molecule has 1 saturated heterocycles. The van der Waals surface area contributed by atoms with Gasteiger partial charge < -0.3 is 26.4 Å². The highest BCUT2D eigenvalue weighted by Crippen LogP contribution is 2.73. The first kappa shape index (κ1) is 29.2. The predicted octanol–water partition coefficient (Wildman–Crippen LogP) is 2.44. The molecule has 4 fully saturated rings. The SMILES string of the molecule is Cc1ncsc1-c1ccc([C@H](C)NC(=O)[C@@H]2C[C@@H](O)CN2C(=O)[C@@H](NC(=O)C23CC(C(N)=O)(C2)C3)C(C)(C)C)cc1. The van der Waals surface area contributed by atoms with Crippen molar-refractivity contribution >= 4 is 35.0 Å². The first-order chi connectivity index (χ1) is 19.2. The van der Waals surface area contributed by atoms with Crippen molar-refractivity contribution in [3.63, 3.8) is 0 Å². The highest BCUT2D eigenvalue weighted by atomic mass is 32.1. The third-order valence-electron chi connectivity index (χ3n) is 9.06. The Morgan fingerprint density at radius 1 is 1.10 bits per heavy atom. The van der Waals surface area contributed by atoms with E-state index < -0.39 is 40.3 Å². The molecule has 10 nitrogen and oxygen atoms in total. The second kappa shape index (κ2) is 10.2. The van der Waals surface area contributed by atoms with Crippen molar-refractivity contribution in [2.75, 3.05) is 6.54 Å². The van der Waals surface area contributed by atoms with Gasteiger partial charge in [-0.3, -0.25) is 19.2 Å². The number of primary amides is 1. The Morgan fingerprint density at radius 2 is 1.73 bits per heavy atom. The molecule has 2 aromatic rings. The summed E-state index contributed by atoms with van der Waals surface area (Å²) < 4.78 is 0. The Labute approximate surface area is 244 Å². The summed E-state index contributed by atoms with van der Waals surface area (Å²) in [7, 11) is 0. The number of hydrogen-bond acceptors (Lipinski definition) is 7. The molecule has 6 rings (SSSR count). The van der Waals surface area contributed by atoms with Crippen molar-refractivity contribution in [3.8, 4) is 10.4 Å². The zero-order chi connectivity index (χ0) is 29.9. The lowest BCUT2D eigenvalue weighted by molar-refractivity contribution is -0.207. The van der Waals surface area contributed by atoms with E-state index in [1.807, 2.05) is 64.4 Å². The number of aliphatic hydroxyl groups excluding tert-OH is 1. The highest BCUT2D eigenvalue weighted by molar-refractivity contribution is 7.13. The smallest absolute Gasteiger partial charge is 0.246 e. The number of β-amino-alcohol motifs (C(OH)–C–C–N with tert-alkyl or cyclic N) is 1. The first-order valence-corrected chi connectivity index (χ1v) is 14.9. The van der Waals surface area contributed by atoms with Crippen molar-refractivity contribution in [2.24, 2.45) is 22.0 Å². The summed E-state index contributed by atoms with van der Waals surface area (Å²) in [5.74, 6) is -1.40. The number of thiazole rings is 1. The van der Waals surface area contributed by atoms with E-state index in [0.29, 0.717) is 19.3 Å². The first-order valence-electron chi connectivity index (χ1n) is 14.1. The molecule has 2 bridgehead atoms. The topological polar surface area (TPSA) is 155 Å². The minimum atomic E-state index is -0.908. The van der Waals surface area contributed by atoms with Crippen LogP contribution in [-0.2, 0) is 19.2 Å². The third-order valence-corrected chi connectivity index (χ3v) is 10.0. The van der Waals surface area contributed by atoms with Crippen LogP contribution in [0.25, 0.3) is 10.4 Å². The van der Waals surface area contributed by atoms with Gasteiger partial charge in [-0.05, 0) is 49.7 Å². The van der Waals surface area contributed by atoms with Crippen LogP contribution >= 0.6 is 11.3 Å². The molecule has 3 saturated carbocycles. The highest BCUT2D eigenvalue weighted by Gasteiger charge is 2.74. The number of aliphatic hydroxyl groups is 1. The van der Waals surface area contributed by atoms with Gasteiger partial charge in [0.1, 0.15) is 12.1 Å². The predicted molar refractivity (Wildman–Crippen MR) is 154 cm³/mol. The zero-order valence-corrected chi connectivity index (χ0v) is 25.0. The van der Waals surface area contributed by atoms with E-state index in [1.54, 1.807) is 11.3 Å². The van der Waals surface area contributed by atoms with Crippen LogP contribution in [0.5, 0.6) is 0 Å². The van der Waals surface area contributed by atoms with Crippen molar-refractivity contribution < 1.29 is 24.3 Å². The summed E-state index contributed by atoms with van der Waals surface area (Å²) in [5.41, 5.74) is 8.34. The van der Waals surface area contributed by atoms with E-state index in [9.17, 15) is 24.3 Å². The third kappa shape index (κ3) is 5.14. The fourth-order valence-corrected chi connectivity index (χ4v) is 7.40. The number of carbonyl (C=O) groups excluding carboxylic acids is 4. The fourth-order valence-electron chi connectivity index (χ4n) is 6.59. The minimum Gasteiger partial charge on any atom is -0.391 e. The number of likely N-dealkylation sites (tertiary alicyclic amines) is 1. The van der Waals surface area contributed by atoms with Gasteiger partial charge in [-0.15, -0.1) is 11.3 Å². The normalized spacial score (nSPS) is 28.2.